The molecular formula is C30H39F2N3O3. The lowest BCUT2D eigenvalue weighted by Crippen LogP contribution is -2.48. The van der Waals surface area contributed by atoms with Crippen molar-refractivity contribution in [2.75, 3.05) is 25.0 Å². The second-order valence-corrected chi connectivity index (χ2v) is 11.2. The van der Waals surface area contributed by atoms with Gasteiger partial charge in [-0.15, -0.1) is 0 Å². The number of piperidine rings is 1. The van der Waals surface area contributed by atoms with Gasteiger partial charge < -0.3 is 20.1 Å². The Bertz CT molecular complexity index is 1050. The summed E-state index contributed by atoms with van der Waals surface area (Å²) >= 11 is 0. The number of halogens is 2. The van der Waals surface area contributed by atoms with Crippen molar-refractivity contribution in [3.63, 3.8) is 0 Å². The molecule has 2 saturated heterocycles. The molecule has 38 heavy (non-hydrogen) atoms. The van der Waals surface area contributed by atoms with Gasteiger partial charge in [-0.05, 0) is 92.3 Å². The highest BCUT2D eigenvalue weighted by molar-refractivity contribution is 5.89. The van der Waals surface area contributed by atoms with Crippen molar-refractivity contribution in [1.82, 2.24) is 9.80 Å². The van der Waals surface area contributed by atoms with Crippen LogP contribution in [0.3, 0.4) is 0 Å². The second-order valence-electron chi connectivity index (χ2n) is 11.2. The minimum Gasteiger partial charge on any atom is -0.508 e. The van der Waals surface area contributed by atoms with E-state index in [4.69, 9.17) is 0 Å². The number of amides is 2. The van der Waals surface area contributed by atoms with Gasteiger partial charge in [0.2, 0.25) is 0 Å². The zero-order chi connectivity index (χ0) is 26.5. The van der Waals surface area contributed by atoms with Crippen molar-refractivity contribution in [1.29, 1.82) is 0 Å². The van der Waals surface area contributed by atoms with Gasteiger partial charge in [-0.3, -0.25) is 4.90 Å². The van der Waals surface area contributed by atoms with Crippen LogP contribution in [0.1, 0.15) is 69.3 Å². The number of fused-ring (bicyclic) bond motifs is 2. The molecule has 3 aliphatic rings. The molecule has 0 unspecified atom stereocenters. The van der Waals surface area contributed by atoms with Crippen LogP contribution in [0.5, 0.6) is 11.5 Å². The highest BCUT2D eigenvalue weighted by Gasteiger charge is 2.41. The smallest absolute Gasteiger partial charge is 0.387 e. The Morgan fingerprint density at radius 1 is 1.03 bits per heavy atom. The molecule has 2 bridgehead atoms. The third-order valence-electron chi connectivity index (χ3n) is 8.68. The molecule has 3 fully saturated rings. The van der Waals surface area contributed by atoms with Gasteiger partial charge >= 0.3 is 12.6 Å². The van der Waals surface area contributed by atoms with E-state index in [0.29, 0.717) is 41.9 Å². The second kappa shape index (κ2) is 12.3. The summed E-state index contributed by atoms with van der Waals surface area (Å²) in [5, 5.41) is 12.9. The Balaban J connectivity index is 1.21. The molecule has 2 N–H and O–H groups in total. The van der Waals surface area contributed by atoms with Crippen LogP contribution in [-0.2, 0) is 0 Å². The number of ether oxygens (including phenoxy) is 1. The molecule has 1 aliphatic carbocycles. The number of phenolic OH excluding ortho intramolecular Hbond substituents is 1. The summed E-state index contributed by atoms with van der Waals surface area (Å²) in [6.45, 7) is -0.614. The number of hydrogen-bond acceptors (Lipinski definition) is 4. The highest BCUT2D eigenvalue weighted by Crippen LogP contribution is 2.43. The minimum absolute atomic E-state index is 0.0710. The average molecular weight is 528 g/mol. The van der Waals surface area contributed by atoms with Gasteiger partial charge in [0.1, 0.15) is 11.5 Å². The van der Waals surface area contributed by atoms with Gasteiger partial charge in [-0.1, -0.05) is 31.4 Å². The monoisotopic (exact) mass is 527 g/mol. The number of carbonyl (C=O) groups is 1. The van der Waals surface area contributed by atoms with E-state index >= 15 is 0 Å². The first-order chi connectivity index (χ1) is 18.4. The van der Waals surface area contributed by atoms with Crippen LogP contribution in [0.15, 0.2) is 48.5 Å². The summed E-state index contributed by atoms with van der Waals surface area (Å²) in [6, 6.07) is 14.6. The Labute approximate surface area is 224 Å². The number of nitrogens with one attached hydrogen (secondary N) is 1. The van der Waals surface area contributed by atoms with Crippen molar-refractivity contribution in [3.8, 4) is 11.5 Å². The third-order valence-corrected chi connectivity index (χ3v) is 8.68. The lowest BCUT2D eigenvalue weighted by Gasteiger charge is -2.40. The van der Waals surface area contributed by atoms with E-state index in [-0.39, 0.29) is 11.8 Å². The predicted octanol–water partition coefficient (Wildman–Crippen LogP) is 6.82. The van der Waals surface area contributed by atoms with Crippen molar-refractivity contribution >= 4 is 11.7 Å². The maximum Gasteiger partial charge on any atom is 0.387 e. The normalized spacial score (nSPS) is 23.9. The molecule has 1 saturated carbocycles. The quantitative estimate of drug-likeness (QED) is 0.376. The molecular weight excluding hydrogens is 488 g/mol. The molecule has 5 rings (SSSR count). The first-order valence-electron chi connectivity index (χ1n) is 14.1. The van der Waals surface area contributed by atoms with Crippen LogP contribution < -0.4 is 10.1 Å². The molecule has 8 heteroatoms. The van der Waals surface area contributed by atoms with E-state index in [1.807, 2.05) is 17.0 Å². The predicted molar refractivity (Wildman–Crippen MR) is 144 cm³/mol. The lowest BCUT2D eigenvalue weighted by atomic mass is 9.85. The number of carbonyl (C=O) groups excluding carboxylic acids is 1. The SMILES string of the molecule is O=C(Nc1ccc(OC(F)F)cc1)N(CCN1[C@@H]2CC[C@H]1C[C@@H](c1cccc(O)c1)C2)CC1CCCCC1. The lowest BCUT2D eigenvalue weighted by molar-refractivity contribution is -0.0498. The Morgan fingerprint density at radius 3 is 2.39 bits per heavy atom. The Morgan fingerprint density at radius 2 is 1.74 bits per heavy atom. The molecule has 6 nitrogen and oxygen atoms in total. The number of phenols is 1. The van der Waals surface area contributed by atoms with E-state index in [1.54, 1.807) is 18.2 Å². The van der Waals surface area contributed by atoms with Crippen molar-refractivity contribution < 1.29 is 23.4 Å². The van der Waals surface area contributed by atoms with Crippen molar-refractivity contribution in [2.45, 2.75) is 82.4 Å². The molecule has 3 atom stereocenters. The molecule has 206 valence electrons. The molecule has 2 aliphatic heterocycles. The minimum atomic E-state index is -2.87. The fourth-order valence-corrected chi connectivity index (χ4v) is 6.81. The first-order valence-corrected chi connectivity index (χ1v) is 14.1. The van der Waals surface area contributed by atoms with E-state index in [1.165, 1.54) is 49.8 Å². The average Bonchev–Trinajstić information content (AvgIpc) is 3.14. The van der Waals surface area contributed by atoms with E-state index in [0.717, 1.165) is 38.8 Å². The molecule has 2 aromatic rings. The molecule has 0 aromatic heterocycles. The summed E-state index contributed by atoms with van der Waals surface area (Å²) in [6.07, 6.45) is 10.6. The van der Waals surface area contributed by atoms with Gasteiger partial charge in [-0.25, -0.2) is 4.79 Å². The number of alkyl halides is 2. The highest BCUT2D eigenvalue weighted by atomic mass is 19.3. The zero-order valence-corrected chi connectivity index (χ0v) is 21.9. The molecule has 2 amide bonds. The Hall–Kier alpha value is -2.87. The van der Waals surface area contributed by atoms with Crippen LogP contribution in [0.2, 0.25) is 0 Å². The zero-order valence-electron chi connectivity index (χ0n) is 21.9. The molecule has 2 heterocycles. The molecule has 2 aromatic carbocycles. The number of aromatic hydroxyl groups is 1. The van der Waals surface area contributed by atoms with Crippen LogP contribution in [0.4, 0.5) is 19.3 Å². The van der Waals surface area contributed by atoms with Gasteiger partial charge in [0, 0.05) is 37.4 Å². The first kappa shape index (κ1) is 26.7. The standard InChI is InChI=1S/C30H39F2N3O3/c31-29(32)38-28-13-9-24(10-14-28)33-30(37)34(20-21-5-2-1-3-6-21)15-16-35-25-11-12-26(35)18-23(17-25)22-7-4-8-27(36)19-22/h4,7-10,13-14,19,21,23,25-26,29,36H,1-3,5-6,11-12,15-18,20H2,(H,33,37)/t23-,25+,26-. The van der Waals surface area contributed by atoms with E-state index in [9.17, 15) is 18.7 Å². The number of anilines is 1. The van der Waals surface area contributed by atoms with Gasteiger partial charge in [0.05, 0.1) is 0 Å². The van der Waals surface area contributed by atoms with Crippen LogP contribution in [0, 0.1) is 5.92 Å². The molecule has 0 spiro atoms. The topological polar surface area (TPSA) is 65.0 Å². The fraction of sp³-hybridized carbons (Fsp3) is 0.567. The summed E-state index contributed by atoms with van der Waals surface area (Å²) in [5.41, 5.74) is 1.79. The van der Waals surface area contributed by atoms with Gasteiger partial charge in [0.15, 0.2) is 0 Å². The van der Waals surface area contributed by atoms with Gasteiger partial charge in [0.25, 0.3) is 0 Å². The molecule has 0 radical (unpaired) electrons. The van der Waals surface area contributed by atoms with Crippen molar-refractivity contribution in [2.24, 2.45) is 5.92 Å². The number of benzene rings is 2. The van der Waals surface area contributed by atoms with Crippen LogP contribution in [0.25, 0.3) is 0 Å². The number of hydrogen-bond donors (Lipinski definition) is 2. The summed E-state index contributed by atoms with van der Waals surface area (Å²) in [4.78, 5) is 18.0. The van der Waals surface area contributed by atoms with Crippen LogP contribution >= 0.6 is 0 Å². The van der Waals surface area contributed by atoms with E-state index in [2.05, 4.69) is 21.0 Å². The maximum absolute atomic E-state index is 13.4. The van der Waals surface area contributed by atoms with Crippen molar-refractivity contribution in [3.05, 3.63) is 54.1 Å². The number of rotatable bonds is 9. The van der Waals surface area contributed by atoms with Crippen LogP contribution in [-0.4, -0.2) is 59.3 Å². The largest absolute Gasteiger partial charge is 0.508 e. The Kier molecular flexibility index (Phi) is 8.67. The van der Waals surface area contributed by atoms with E-state index < -0.39 is 6.61 Å². The third kappa shape index (κ3) is 6.76. The summed E-state index contributed by atoms with van der Waals surface area (Å²) in [7, 11) is 0. The number of urea groups is 1. The fourth-order valence-electron chi connectivity index (χ4n) is 6.81. The summed E-state index contributed by atoms with van der Waals surface area (Å²) in [5.74, 6) is 1.39. The summed E-state index contributed by atoms with van der Waals surface area (Å²) < 4.78 is 29.4. The number of nitrogens with zero attached hydrogens (tertiary/aromatic N) is 2. The van der Waals surface area contributed by atoms with Gasteiger partial charge in [-0.2, -0.15) is 8.78 Å². The maximum atomic E-state index is 13.4.